The summed E-state index contributed by atoms with van der Waals surface area (Å²) in [6, 6.07) is 8.63. The van der Waals surface area contributed by atoms with E-state index in [0.717, 1.165) is 51.6 Å². The van der Waals surface area contributed by atoms with Crippen LogP contribution in [0, 0.1) is 0 Å². The lowest BCUT2D eigenvalue weighted by Crippen LogP contribution is -2.42. The molecule has 0 spiro atoms. The zero-order valence-electron chi connectivity index (χ0n) is 19.4. The number of anilines is 1. The first-order valence-corrected chi connectivity index (χ1v) is 12.2. The summed E-state index contributed by atoms with van der Waals surface area (Å²) in [6.45, 7) is 4.17. The highest BCUT2D eigenvalue weighted by Gasteiger charge is 2.32. The number of amides is 1. The molecular formula is C25H39IN4O2. The molecule has 1 unspecified atom stereocenters. The molecule has 2 fully saturated rings. The number of fused-ring (bicyclic) bond motifs is 1. The molecule has 1 saturated heterocycles. The summed E-state index contributed by atoms with van der Waals surface area (Å²) in [5.41, 5.74) is 2.60. The third kappa shape index (κ3) is 6.37. The summed E-state index contributed by atoms with van der Waals surface area (Å²) in [5, 5.41) is 3.52. The number of likely N-dealkylation sites (tertiary alicyclic amines) is 1. The summed E-state index contributed by atoms with van der Waals surface area (Å²) < 4.78 is 6.14. The number of aliphatic imine (C=N–C) groups is 1. The number of hydrogen-bond donors (Lipinski definition) is 1. The van der Waals surface area contributed by atoms with Crippen molar-refractivity contribution in [3.05, 3.63) is 29.8 Å². The van der Waals surface area contributed by atoms with Gasteiger partial charge < -0.3 is 19.9 Å². The number of hydrogen-bond acceptors (Lipinski definition) is 3. The number of ether oxygens (including phenoxy) is 1. The molecule has 3 aliphatic rings. The fourth-order valence-electron chi connectivity index (χ4n) is 5.29. The van der Waals surface area contributed by atoms with E-state index in [1.54, 1.807) is 0 Å². The fourth-order valence-corrected chi connectivity index (χ4v) is 5.29. The largest absolute Gasteiger partial charge is 0.376 e. The van der Waals surface area contributed by atoms with E-state index in [1.807, 2.05) is 11.9 Å². The van der Waals surface area contributed by atoms with E-state index in [-0.39, 0.29) is 24.0 Å². The van der Waals surface area contributed by atoms with Crippen molar-refractivity contribution in [3.63, 3.8) is 0 Å². The second kappa shape index (κ2) is 12.8. The van der Waals surface area contributed by atoms with Crippen molar-refractivity contribution in [2.75, 3.05) is 44.7 Å². The van der Waals surface area contributed by atoms with Crippen molar-refractivity contribution < 1.29 is 9.53 Å². The molecule has 1 aliphatic carbocycles. The molecule has 4 rings (SSSR count). The zero-order valence-corrected chi connectivity index (χ0v) is 21.8. The molecule has 0 bridgehead atoms. The molecule has 1 aromatic carbocycles. The Balaban J connectivity index is 0.00000289. The lowest BCUT2D eigenvalue weighted by molar-refractivity contribution is -0.127. The van der Waals surface area contributed by atoms with Gasteiger partial charge in [-0.25, -0.2) is 0 Å². The number of nitrogens with zero attached hydrogens (tertiary/aromatic N) is 3. The van der Waals surface area contributed by atoms with Gasteiger partial charge >= 0.3 is 0 Å². The lowest BCUT2D eigenvalue weighted by Gasteiger charge is -2.24. The van der Waals surface area contributed by atoms with Gasteiger partial charge in [0.2, 0.25) is 5.91 Å². The number of carbonyl (C=O) groups is 1. The molecule has 6 nitrogen and oxygen atoms in total. The van der Waals surface area contributed by atoms with Gasteiger partial charge in [-0.2, -0.15) is 0 Å². The van der Waals surface area contributed by atoms with Crippen molar-refractivity contribution in [2.45, 2.75) is 69.8 Å². The predicted octanol–water partition coefficient (Wildman–Crippen LogP) is 4.54. The third-order valence-electron chi connectivity index (χ3n) is 7.00. The molecule has 0 aromatic heterocycles. The topological polar surface area (TPSA) is 57.2 Å². The summed E-state index contributed by atoms with van der Waals surface area (Å²) in [4.78, 5) is 20.9. The van der Waals surface area contributed by atoms with E-state index in [0.29, 0.717) is 24.3 Å². The number of nitrogens with one attached hydrogen (secondary N) is 1. The standard InChI is InChI=1S/C25H38N4O2.HI/c1-26-25(27-15-18-31-21-9-4-2-3-5-10-21)29-19-20(22-11-6-7-12-23(22)29)14-17-28-16-8-13-24(28)30;/h6-7,11-12,20-21H,2-5,8-10,13-19H2,1H3,(H,26,27);1H. The molecule has 0 radical (unpaired) electrons. The van der Waals surface area contributed by atoms with Crippen LogP contribution in [0.3, 0.4) is 0 Å². The minimum Gasteiger partial charge on any atom is -0.376 e. The van der Waals surface area contributed by atoms with E-state index >= 15 is 0 Å². The second-order valence-corrected chi connectivity index (χ2v) is 9.10. The molecule has 1 aromatic rings. The van der Waals surface area contributed by atoms with Crippen LogP contribution in [0.1, 0.15) is 69.3 Å². The van der Waals surface area contributed by atoms with E-state index < -0.39 is 0 Å². The number of halogens is 1. The Kier molecular flexibility index (Phi) is 10.1. The van der Waals surface area contributed by atoms with Crippen molar-refractivity contribution in [1.82, 2.24) is 10.2 Å². The molecule has 178 valence electrons. The summed E-state index contributed by atoms with van der Waals surface area (Å²) >= 11 is 0. The molecule has 1 saturated carbocycles. The minimum absolute atomic E-state index is 0. The Hall–Kier alpha value is -1.35. The number of benzene rings is 1. The smallest absolute Gasteiger partial charge is 0.222 e. The highest BCUT2D eigenvalue weighted by molar-refractivity contribution is 14.0. The van der Waals surface area contributed by atoms with Gasteiger partial charge in [0.15, 0.2) is 5.96 Å². The van der Waals surface area contributed by atoms with Gasteiger partial charge in [0.25, 0.3) is 0 Å². The van der Waals surface area contributed by atoms with Crippen LogP contribution < -0.4 is 10.2 Å². The van der Waals surface area contributed by atoms with E-state index in [9.17, 15) is 4.79 Å². The van der Waals surface area contributed by atoms with Gasteiger partial charge in [-0.15, -0.1) is 24.0 Å². The number of guanidine groups is 1. The first kappa shape index (κ1) is 25.3. The van der Waals surface area contributed by atoms with Crippen LogP contribution in [0.5, 0.6) is 0 Å². The Morgan fingerprint density at radius 3 is 2.66 bits per heavy atom. The van der Waals surface area contributed by atoms with Crippen molar-refractivity contribution in [2.24, 2.45) is 4.99 Å². The maximum absolute atomic E-state index is 12.0. The second-order valence-electron chi connectivity index (χ2n) is 9.10. The zero-order chi connectivity index (χ0) is 21.5. The molecule has 2 heterocycles. The fraction of sp³-hybridized carbons (Fsp3) is 0.680. The molecule has 7 heteroatoms. The van der Waals surface area contributed by atoms with Gasteiger partial charge in [-0.1, -0.05) is 43.9 Å². The van der Waals surface area contributed by atoms with Crippen LogP contribution >= 0.6 is 24.0 Å². The highest BCUT2D eigenvalue weighted by Crippen LogP contribution is 2.38. The average Bonchev–Trinajstić information content (AvgIpc) is 3.26. The van der Waals surface area contributed by atoms with Gasteiger partial charge in [0.1, 0.15) is 0 Å². The first-order chi connectivity index (χ1) is 15.3. The number of rotatable bonds is 7. The van der Waals surface area contributed by atoms with Crippen molar-refractivity contribution >= 4 is 41.5 Å². The molecule has 1 N–H and O–H groups in total. The van der Waals surface area contributed by atoms with Crippen LogP contribution in [0.15, 0.2) is 29.3 Å². The van der Waals surface area contributed by atoms with Crippen LogP contribution in [0.25, 0.3) is 0 Å². The van der Waals surface area contributed by atoms with E-state index in [1.165, 1.54) is 49.8 Å². The number of carbonyl (C=O) groups excluding carboxylic acids is 1. The average molecular weight is 555 g/mol. The molecule has 1 atom stereocenters. The maximum Gasteiger partial charge on any atom is 0.222 e. The van der Waals surface area contributed by atoms with Crippen LogP contribution in [-0.4, -0.2) is 62.7 Å². The van der Waals surface area contributed by atoms with Gasteiger partial charge in [0, 0.05) is 51.3 Å². The maximum atomic E-state index is 12.0. The first-order valence-electron chi connectivity index (χ1n) is 12.2. The van der Waals surface area contributed by atoms with E-state index in [4.69, 9.17) is 4.74 Å². The predicted molar refractivity (Wildman–Crippen MR) is 141 cm³/mol. The number of para-hydroxylation sites is 1. The van der Waals surface area contributed by atoms with Crippen LogP contribution in [0.4, 0.5) is 5.69 Å². The van der Waals surface area contributed by atoms with Crippen LogP contribution in [0.2, 0.25) is 0 Å². The lowest BCUT2D eigenvalue weighted by atomic mass is 9.98. The monoisotopic (exact) mass is 554 g/mol. The summed E-state index contributed by atoms with van der Waals surface area (Å²) in [7, 11) is 1.85. The van der Waals surface area contributed by atoms with Crippen LogP contribution in [-0.2, 0) is 9.53 Å². The molecule has 32 heavy (non-hydrogen) atoms. The van der Waals surface area contributed by atoms with Gasteiger partial charge in [-0.3, -0.25) is 9.79 Å². The Morgan fingerprint density at radius 2 is 1.94 bits per heavy atom. The highest BCUT2D eigenvalue weighted by atomic mass is 127. The molecule has 2 aliphatic heterocycles. The van der Waals surface area contributed by atoms with Gasteiger partial charge in [0.05, 0.1) is 12.7 Å². The Bertz CT molecular complexity index is 764. The normalized spacial score (nSPS) is 22.0. The summed E-state index contributed by atoms with van der Waals surface area (Å²) in [6.07, 6.45) is 10.9. The quantitative estimate of drug-likeness (QED) is 0.177. The summed E-state index contributed by atoms with van der Waals surface area (Å²) in [5.74, 6) is 1.65. The Labute approximate surface area is 210 Å². The van der Waals surface area contributed by atoms with Crippen molar-refractivity contribution in [1.29, 1.82) is 0 Å². The third-order valence-corrected chi connectivity index (χ3v) is 7.00. The minimum atomic E-state index is 0. The molecular weight excluding hydrogens is 515 g/mol. The molecule has 1 amide bonds. The van der Waals surface area contributed by atoms with Crippen molar-refractivity contribution in [3.8, 4) is 0 Å². The Morgan fingerprint density at radius 1 is 1.16 bits per heavy atom. The van der Waals surface area contributed by atoms with Gasteiger partial charge in [-0.05, 0) is 37.3 Å². The SMILES string of the molecule is CN=C(NCCOC1CCCCCC1)N1CC(CCN2CCCC2=O)c2ccccc21.I. The van der Waals surface area contributed by atoms with E-state index in [2.05, 4.69) is 39.5 Å².